The fraction of sp³-hybridized carbons (Fsp3) is 0.304. The fourth-order valence-electron chi connectivity index (χ4n) is 3.12. The van der Waals surface area contributed by atoms with Crippen LogP contribution >= 0.6 is 23.1 Å². The number of likely N-dealkylation sites (N-methyl/N-ethyl adjacent to an activating group) is 1. The second kappa shape index (κ2) is 11.7. The number of amides is 2. The summed E-state index contributed by atoms with van der Waals surface area (Å²) in [5.74, 6) is 0.309. The van der Waals surface area contributed by atoms with Crippen LogP contribution in [0, 0.1) is 0 Å². The van der Waals surface area contributed by atoms with Gasteiger partial charge in [-0.05, 0) is 37.1 Å². The van der Waals surface area contributed by atoms with Crippen molar-refractivity contribution in [2.45, 2.75) is 29.9 Å². The molecule has 1 heterocycles. The molecule has 2 amide bonds. The summed E-state index contributed by atoms with van der Waals surface area (Å²) in [6.45, 7) is 3.80. The second-order valence-corrected chi connectivity index (χ2v) is 9.78. The maximum Gasteiger partial charge on any atom is 0.243 e. The van der Waals surface area contributed by atoms with Crippen molar-refractivity contribution < 1.29 is 14.3 Å². The summed E-state index contributed by atoms with van der Waals surface area (Å²) < 4.78 is 5.99. The normalized spacial score (nSPS) is 11.5. The van der Waals surface area contributed by atoms with E-state index in [1.807, 2.05) is 55.5 Å². The molecule has 1 atom stereocenters. The third-order valence-electron chi connectivity index (χ3n) is 4.81. The Bertz CT molecular complexity index is 1100. The van der Waals surface area contributed by atoms with Gasteiger partial charge in [-0.25, -0.2) is 0 Å². The minimum Gasteiger partial charge on any atom is -0.495 e. The van der Waals surface area contributed by atoms with Crippen LogP contribution in [-0.2, 0) is 16.0 Å². The number of anilines is 3. The molecular formula is C23H27N5O3S2. The average Bonchev–Trinajstić information content (AvgIpc) is 3.25. The molecule has 2 aromatic carbocycles. The molecule has 1 unspecified atom stereocenters. The number of thioether (sulfide) groups is 1. The third kappa shape index (κ3) is 6.69. The molecule has 0 saturated carbocycles. The lowest BCUT2D eigenvalue weighted by Gasteiger charge is -2.20. The molecule has 174 valence electrons. The zero-order chi connectivity index (χ0) is 23.8. The van der Waals surface area contributed by atoms with Gasteiger partial charge in [-0.3, -0.25) is 9.59 Å². The maximum absolute atomic E-state index is 12.8. The van der Waals surface area contributed by atoms with Crippen molar-refractivity contribution in [2.24, 2.45) is 0 Å². The van der Waals surface area contributed by atoms with Crippen LogP contribution in [0.5, 0.6) is 5.75 Å². The smallest absolute Gasteiger partial charge is 0.243 e. The number of para-hydroxylation sites is 3. The van der Waals surface area contributed by atoms with E-state index < -0.39 is 5.25 Å². The molecule has 3 rings (SSSR count). The lowest BCUT2D eigenvalue weighted by Crippen LogP contribution is -2.39. The van der Waals surface area contributed by atoms with E-state index in [1.165, 1.54) is 28.0 Å². The Hall–Kier alpha value is -3.11. The highest BCUT2D eigenvalue weighted by Crippen LogP contribution is 2.33. The van der Waals surface area contributed by atoms with Crippen LogP contribution in [-0.4, -0.2) is 52.9 Å². The molecule has 2 N–H and O–H groups in total. The molecule has 0 aliphatic carbocycles. The Labute approximate surface area is 201 Å². The number of hydrogen-bond acceptors (Lipinski definition) is 8. The molecule has 0 bridgehead atoms. The summed E-state index contributed by atoms with van der Waals surface area (Å²) in [5.41, 5.74) is 2.61. The van der Waals surface area contributed by atoms with Crippen molar-refractivity contribution in [3.05, 3.63) is 54.1 Å². The molecule has 33 heavy (non-hydrogen) atoms. The predicted octanol–water partition coefficient (Wildman–Crippen LogP) is 4.43. The molecule has 0 radical (unpaired) electrons. The number of rotatable bonds is 10. The Balaban J connectivity index is 1.54. The Morgan fingerprint density at radius 2 is 1.82 bits per heavy atom. The van der Waals surface area contributed by atoms with Gasteiger partial charge in [-0.1, -0.05) is 60.4 Å². The van der Waals surface area contributed by atoms with E-state index in [1.54, 1.807) is 21.1 Å². The quantitative estimate of drug-likeness (QED) is 0.410. The molecular weight excluding hydrogens is 458 g/mol. The van der Waals surface area contributed by atoms with Crippen molar-refractivity contribution in [3.8, 4) is 5.75 Å². The highest BCUT2D eigenvalue weighted by molar-refractivity contribution is 8.02. The van der Waals surface area contributed by atoms with Crippen LogP contribution in [0.15, 0.2) is 52.9 Å². The van der Waals surface area contributed by atoms with Gasteiger partial charge in [0.15, 0.2) is 4.34 Å². The van der Waals surface area contributed by atoms with Gasteiger partial charge >= 0.3 is 0 Å². The lowest BCUT2D eigenvalue weighted by atomic mass is 10.1. The van der Waals surface area contributed by atoms with Crippen LogP contribution in [0.3, 0.4) is 0 Å². The zero-order valence-corrected chi connectivity index (χ0v) is 20.6. The first-order valence-electron chi connectivity index (χ1n) is 10.4. The standard InChI is InChI=1S/C23H27N5O3S2/c1-5-16-10-6-7-11-17(16)24-20(29)14-28(3)21(30)15(2)32-23-27-26-22(33-23)25-18-12-8-9-13-19(18)31-4/h6-13,15H,5,14H2,1-4H3,(H,24,29)(H,25,26). The van der Waals surface area contributed by atoms with Crippen molar-refractivity contribution >= 4 is 51.4 Å². The predicted molar refractivity (Wildman–Crippen MR) is 134 cm³/mol. The van der Waals surface area contributed by atoms with Gasteiger partial charge in [0.1, 0.15) is 5.75 Å². The highest BCUT2D eigenvalue weighted by Gasteiger charge is 2.22. The molecule has 1 aromatic heterocycles. The van der Waals surface area contributed by atoms with E-state index >= 15 is 0 Å². The van der Waals surface area contributed by atoms with Crippen molar-refractivity contribution in [1.82, 2.24) is 15.1 Å². The first-order valence-corrected chi connectivity index (χ1v) is 12.1. The summed E-state index contributed by atoms with van der Waals surface area (Å²) in [5, 5.41) is 14.6. The van der Waals surface area contributed by atoms with Gasteiger partial charge in [-0.2, -0.15) is 0 Å². The first-order chi connectivity index (χ1) is 15.9. The Kier molecular flexibility index (Phi) is 8.67. The van der Waals surface area contributed by atoms with Crippen LogP contribution in [0.25, 0.3) is 0 Å². The van der Waals surface area contributed by atoms with Crippen LogP contribution in [0.1, 0.15) is 19.4 Å². The number of ether oxygens (including phenoxy) is 1. The number of nitrogens with zero attached hydrogens (tertiary/aromatic N) is 3. The van der Waals surface area contributed by atoms with Gasteiger partial charge in [-0.15, -0.1) is 10.2 Å². The maximum atomic E-state index is 12.8. The number of carbonyl (C=O) groups excluding carboxylic acids is 2. The van der Waals surface area contributed by atoms with Crippen LogP contribution in [0.4, 0.5) is 16.5 Å². The first kappa shape index (κ1) is 24.5. The summed E-state index contributed by atoms with van der Waals surface area (Å²) in [6.07, 6.45) is 0.814. The van der Waals surface area contributed by atoms with Gasteiger partial charge in [0.25, 0.3) is 0 Å². The topological polar surface area (TPSA) is 96.5 Å². The largest absolute Gasteiger partial charge is 0.495 e. The average molecular weight is 486 g/mol. The molecule has 3 aromatic rings. The Morgan fingerprint density at radius 1 is 1.12 bits per heavy atom. The van der Waals surface area contributed by atoms with E-state index in [9.17, 15) is 9.59 Å². The molecule has 0 aliphatic heterocycles. The highest BCUT2D eigenvalue weighted by atomic mass is 32.2. The van der Waals surface area contributed by atoms with Gasteiger partial charge in [0.2, 0.25) is 16.9 Å². The van der Waals surface area contributed by atoms with E-state index in [2.05, 4.69) is 20.8 Å². The molecule has 10 heteroatoms. The number of aryl methyl sites for hydroxylation is 1. The number of methoxy groups -OCH3 is 1. The molecule has 8 nitrogen and oxygen atoms in total. The van der Waals surface area contributed by atoms with E-state index in [0.29, 0.717) is 15.2 Å². The number of hydrogen-bond donors (Lipinski definition) is 2. The minimum atomic E-state index is -0.419. The molecule has 0 aliphatic rings. The number of carbonyl (C=O) groups is 2. The minimum absolute atomic E-state index is 0.0293. The number of benzene rings is 2. The van der Waals surface area contributed by atoms with E-state index in [4.69, 9.17) is 4.74 Å². The summed E-state index contributed by atoms with van der Waals surface area (Å²) in [7, 11) is 3.23. The number of aromatic nitrogens is 2. The summed E-state index contributed by atoms with van der Waals surface area (Å²) in [4.78, 5) is 26.7. The SMILES string of the molecule is CCc1ccccc1NC(=O)CN(C)C(=O)C(C)Sc1nnc(Nc2ccccc2OC)s1. The third-order valence-corrected chi connectivity index (χ3v) is 6.82. The molecule has 0 saturated heterocycles. The van der Waals surface area contributed by atoms with Gasteiger partial charge in [0.05, 0.1) is 24.6 Å². The van der Waals surface area contributed by atoms with E-state index in [-0.39, 0.29) is 18.4 Å². The van der Waals surface area contributed by atoms with E-state index in [0.717, 1.165) is 23.4 Å². The van der Waals surface area contributed by atoms with Crippen LogP contribution < -0.4 is 15.4 Å². The fourth-order valence-corrected chi connectivity index (χ4v) is 5.14. The lowest BCUT2D eigenvalue weighted by molar-refractivity contribution is -0.132. The van der Waals surface area contributed by atoms with Crippen molar-refractivity contribution in [1.29, 1.82) is 0 Å². The van der Waals surface area contributed by atoms with Gasteiger partial charge < -0.3 is 20.3 Å². The Morgan fingerprint density at radius 3 is 2.55 bits per heavy atom. The second-order valence-electron chi connectivity index (χ2n) is 7.21. The molecule has 0 fully saturated rings. The van der Waals surface area contributed by atoms with Gasteiger partial charge in [0, 0.05) is 12.7 Å². The summed E-state index contributed by atoms with van der Waals surface area (Å²) in [6, 6.07) is 15.2. The zero-order valence-electron chi connectivity index (χ0n) is 19.0. The van der Waals surface area contributed by atoms with Crippen molar-refractivity contribution in [3.63, 3.8) is 0 Å². The summed E-state index contributed by atoms with van der Waals surface area (Å²) >= 11 is 2.66. The monoisotopic (exact) mass is 485 g/mol. The van der Waals surface area contributed by atoms with Crippen molar-refractivity contribution in [2.75, 3.05) is 31.3 Å². The van der Waals surface area contributed by atoms with Crippen LogP contribution in [0.2, 0.25) is 0 Å². The number of nitrogens with one attached hydrogen (secondary N) is 2. The molecule has 0 spiro atoms.